The van der Waals surface area contributed by atoms with E-state index in [9.17, 15) is 4.79 Å². The lowest BCUT2D eigenvalue weighted by Crippen LogP contribution is -2.12. The minimum absolute atomic E-state index is 0.138. The van der Waals surface area contributed by atoms with E-state index >= 15 is 0 Å². The Kier molecular flexibility index (Phi) is 4.89. The van der Waals surface area contributed by atoms with Gasteiger partial charge in [0.25, 0.3) is 0 Å². The molecule has 1 saturated carbocycles. The minimum atomic E-state index is 0.138. The number of hydrogen-bond donors (Lipinski definition) is 1. The number of nitrogens with one attached hydrogen (secondary N) is 1. The van der Waals surface area contributed by atoms with E-state index in [0.717, 1.165) is 18.0 Å². The number of carbonyl (C=O) groups is 1. The van der Waals surface area contributed by atoms with Crippen molar-refractivity contribution in [2.75, 3.05) is 5.32 Å². The van der Waals surface area contributed by atoms with E-state index in [4.69, 9.17) is 0 Å². The zero-order chi connectivity index (χ0) is 15.2. The summed E-state index contributed by atoms with van der Waals surface area (Å²) in [5.74, 6) is 0.908. The molecular weight excluding hydrogens is 270 g/mol. The molecule has 1 aliphatic rings. The van der Waals surface area contributed by atoms with Gasteiger partial charge in [0, 0.05) is 12.1 Å². The summed E-state index contributed by atoms with van der Waals surface area (Å²) in [4.78, 5) is 12.0. The topological polar surface area (TPSA) is 29.1 Å². The molecule has 2 aromatic carbocycles. The second-order valence-corrected chi connectivity index (χ2v) is 6.18. The summed E-state index contributed by atoms with van der Waals surface area (Å²) in [7, 11) is 0. The highest BCUT2D eigenvalue weighted by Crippen LogP contribution is 2.28. The SMILES string of the molecule is O=C(CCC1CCCC1)Nc1ccc(-c2ccccc2)cc1. The maximum Gasteiger partial charge on any atom is 0.224 e. The van der Waals surface area contributed by atoms with Gasteiger partial charge in [-0.3, -0.25) is 4.79 Å². The molecule has 0 aromatic heterocycles. The van der Waals surface area contributed by atoms with Crippen LogP contribution in [-0.4, -0.2) is 5.91 Å². The van der Waals surface area contributed by atoms with Gasteiger partial charge in [0.15, 0.2) is 0 Å². The van der Waals surface area contributed by atoms with E-state index in [1.165, 1.54) is 36.8 Å². The highest BCUT2D eigenvalue weighted by Gasteiger charge is 2.16. The monoisotopic (exact) mass is 293 g/mol. The predicted octanol–water partition coefficient (Wildman–Crippen LogP) is 5.26. The minimum Gasteiger partial charge on any atom is -0.326 e. The largest absolute Gasteiger partial charge is 0.326 e. The van der Waals surface area contributed by atoms with Gasteiger partial charge in [-0.2, -0.15) is 0 Å². The average Bonchev–Trinajstić information content (AvgIpc) is 3.08. The van der Waals surface area contributed by atoms with Crippen LogP contribution in [-0.2, 0) is 4.79 Å². The van der Waals surface area contributed by atoms with Gasteiger partial charge in [-0.25, -0.2) is 0 Å². The summed E-state index contributed by atoms with van der Waals surface area (Å²) in [5.41, 5.74) is 3.25. The Bertz CT molecular complexity index is 597. The summed E-state index contributed by atoms with van der Waals surface area (Å²) in [6, 6.07) is 18.4. The lowest BCUT2D eigenvalue weighted by molar-refractivity contribution is -0.116. The van der Waals surface area contributed by atoms with Crippen LogP contribution in [0.1, 0.15) is 38.5 Å². The smallest absolute Gasteiger partial charge is 0.224 e. The molecule has 2 nitrogen and oxygen atoms in total. The molecule has 0 saturated heterocycles. The van der Waals surface area contributed by atoms with Crippen molar-refractivity contribution in [3.05, 3.63) is 54.6 Å². The summed E-state index contributed by atoms with van der Waals surface area (Å²) >= 11 is 0. The Morgan fingerprint density at radius 2 is 1.55 bits per heavy atom. The second kappa shape index (κ2) is 7.26. The Balaban J connectivity index is 1.53. The first-order valence-corrected chi connectivity index (χ1v) is 8.26. The molecule has 0 spiro atoms. The second-order valence-electron chi connectivity index (χ2n) is 6.18. The molecule has 0 aliphatic heterocycles. The molecule has 2 heteroatoms. The zero-order valence-electron chi connectivity index (χ0n) is 12.9. The molecule has 114 valence electrons. The third kappa shape index (κ3) is 3.97. The fraction of sp³-hybridized carbons (Fsp3) is 0.350. The third-order valence-corrected chi connectivity index (χ3v) is 4.53. The Hall–Kier alpha value is -2.09. The Morgan fingerprint density at radius 1 is 0.909 bits per heavy atom. The Labute approximate surface area is 132 Å². The standard InChI is InChI=1S/C20H23NO/c22-20(15-10-16-6-4-5-7-16)21-19-13-11-18(12-14-19)17-8-2-1-3-9-17/h1-3,8-9,11-14,16H,4-7,10,15H2,(H,21,22). The van der Waals surface area contributed by atoms with Crippen LogP contribution in [0.25, 0.3) is 11.1 Å². The molecule has 22 heavy (non-hydrogen) atoms. The van der Waals surface area contributed by atoms with Crippen LogP contribution in [0.2, 0.25) is 0 Å². The molecule has 1 amide bonds. The maximum atomic E-state index is 12.0. The summed E-state index contributed by atoms with van der Waals surface area (Å²) < 4.78 is 0. The molecule has 3 rings (SSSR count). The summed E-state index contributed by atoms with van der Waals surface area (Å²) in [5, 5.41) is 3.01. The van der Waals surface area contributed by atoms with E-state index in [-0.39, 0.29) is 5.91 Å². The van der Waals surface area contributed by atoms with Crippen LogP contribution >= 0.6 is 0 Å². The number of anilines is 1. The van der Waals surface area contributed by atoms with Crippen molar-refractivity contribution < 1.29 is 4.79 Å². The predicted molar refractivity (Wildman–Crippen MR) is 91.7 cm³/mol. The molecule has 0 radical (unpaired) electrons. The van der Waals surface area contributed by atoms with E-state index in [0.29, 0.717) is 6.42 Å². The average molecular weight is 293 g/mol. The number of rotatable bonds is 5. The van der Waals surface area contributed by atoms with Crippen LogP contribution in [0.3, 0.4) is 0 Å². The Morgan fingerprint density at radius 3 is 2.23 bits per heavy atom. The lowest BCUT2D eigenvalue weighted by atomic mass is 10.0. The highest BCUT2D eigenvalue weighted by atomic mass is 16.1. The number of amides is 1. The number of benzene rings is 2. The molecule has 1 N–H and O–H groups in total. The molecule has 0 bridgehead atoms. The molecule has 2 aromatic rings. The van der Waals surface area contributed by atoms with Crippen LogP contribution in [0, 0.1) is 5.92 Å². The van der Waals surface area contributed by atoms with E-state index < -0.39 is 0 Å². The number of hydrogen-bond acceptors (Lipinski definition) is 1. The fourth-order valence-electron chi connectivity index (χ4n) is 3.23. The van der Waals surface area contributed by atoms with Gasteiger partial charge in [0.05, 0.1) is 0 Å². The molecule has 1 aliphatic carbocycles. The number of carbonyl (C=O) groups excluding carboxylic acids is 1. The highest BCUT2D eigenvalue weighted by molar-refractivity contribution is 5.91. The van der Waals surface area contributed by atoms with Crippen LogP contribution in [0.4, 0.5) is 5.69 Å². The quantitative estimate of drug-likeness (QED) is 0.800. The zero-order valence-corrected chi connectivity index (χ0v) is 12.9. The lowest BCUT2D eigenvalue weighted by Gasteiger charge is -2.09. The van der Waals surface area contributed by atoms with Gasteiger partial charge in [-0.05, 0) is 35.6 Å². The molecular formula is C20H23NO. The first kappa shape index (κ1) is 14.8. The normalized spacial score (nSPS) is 14.9. The first-order chi connectivity index (χ1) is 10.8. The fourth-order valence-corrected chi connectivity index (χ4v) is 3.23. The first-order valence-electron chi connectivity index (χ1n) is 8.26. The summed E-state index contributed by atoms with van der Waals surface area (Å²) in [6.45, 7) is 0. The van der Waals surface area contributed by atoms with Crippen LogP contribution < -0.4 is 5.32 Å². The molecule has 0 atom stereocenters. The van der Waals surface area contributed by atoms with Crippen LogP contribution in [0.5, 0.6) is 0 Å². The van der Waals surface area contributed by atoms with Gasteiger partial charge < -0.3 is 5.32 Å². The third-order valence-electron chi connectivity index (χ3n) is 4.53. The van der Waals surface area contributed by atoms with E-state index in [2.05, 4.69) is 29.6 Å². The van der Waals surface area contributed by atoms with Gasteiger partial charge in [-0.1, -0.05) is 68.1 Å². The van der Waals surface area contributed by atoms with Gasteiger partial charge in [0.1, 0.15) is 0 Å². The summed E-state index contributed by atoms with van der Waals surface area (Å²) in [6.07, 6.45) is 6.97. The van der Waals surface area contributed by atoms with Gasteiger partial charge in [-0.15, -0.1) is 0 Å². The van der Waals surface area contributed by atoms with Crippen molar-refractivity contribution >= 4 is 11.6 Å². The van der Waals surface area contributed by atoms with Crippen molar-refractivity contribution in [3.63, 3.8) is 0 Å². The van der Waals surface area contributed by atoms with E-state index in [1.807, 2.05) is 30.3 Å². The molecule has 0 unspecified atom stereocenters. The van der Waals surface area contributed by atoms with Crippen molar-refractivity contribution in [2.24, 2.45) is 5.92 Å². The molecule has 0 heterocycles. The van der Waals surface area contributed by atoms with Gasteiger partial charge >= 0.3 is 0 Å². The van der Waals surface area contributed by atoms with Crippen LogP contribution in [0.15, 0.2) is 54.6 Å². The van der Waals surface area contributed by atoms with Crippen molar-refractivity contribution in [1.29, 1.82) is 0 Å². The van der Waals surface area contributed by atoms with Crippen molar-refractivity contribution in [1.82, 2.24) is 0 Å². The molecule has 1 fully saturated rings. The van der Waals surface area contributed by atoms with Crippen molar-refractivity contribution in [2.45, 2.75) is 38.5 Å². The van der Waals surface area contributed by atoms with Crippen molar-refractivity contribution in [3.8, 4) is 11.1 Å². The maximum absolute atomic E-state index is 12.0. The van der Waals surface area contributed by atoms with Gasteiger partial charge in [0.2, 0.25) is 5.91 Å². The van der Waals surface area contributed by atoms with E-state index in [1.54, 1.807) is 0 Å².